The SMILES string of the molecule is CC(C)(CC(O)(CNc1cccc2nc(CN3CCOCC3)ccc12)C(F)(F)F)c1cc(F)ccc1O. The number of aliphatic hydroxyl groups is 1. The monoisotopic (exact) mass is 521 g/mol. The first-order valence-electron chi connectivity index (χ1n) is 12.1. The van der Waals surface area contributed by atoms with Gasteiger partial charge in [0.05, 0.1) is 31.0 Å². The molecule has 1 atom stereocenters. The van der Waals surface area contributed by atoms with Gasteiger partial charge in [0.2, 0.25) is 0 Å². The van der Waals surface area contributed by atoms with E-state index in [1.807, 2.05) is 12.1 Å². The van der Waals surface area contributed by atoms with Crippen molar-refractivity contribution in [3.8, 4) is 5.75 Å². The Bertz CT molecular complexity index is 1250. The highest BCUT2D eigenvalue weighted by molar-refractivity contribution is 5.91. The molecule has 0 spiro atoms. The predicted octanol–water partition coefficient (Wildman–Crippen LogP) is 4.98. The molecule has 200 valence electrons. The number of phenolic OH excluding ortho intramolecular Hbond substituents is 1. The van der Waals surface area contributed by atoms with E-state index in [9.17, 15) is 27.8 Å². The summed E-state index contributed by atoms with van der Waals surface area (Å²) in [6.07, 6.45) is -5.80. The van der Waals surface area contributed by atoms with E-state index >= 15 is 0 Å². The molecular weight excluding hydrogens is 490 g/mol. The number of nitrogens with zero attached hydrogens (tertiary/aromatic N) is 2. The third-order valence-corrected chi connectivity index (χ3v) is 6.80. The minimum absolute atomic E-state index is 0.0164. The molecule has 6 nitrogen and oxygen atoms in total. The summed E-state index contributed by atoms with van der Waals surface area (Å²) in [5.41, 5.74) is -2.71. The van der Waals surface area contributed by atoms with E-state index in [0.29, 0.717) is 36.3 Å². The van der Waals surface area contributed by atoms with Gasteiger partial charge in [-0.1, -0.05) is 19.9 Å². The predicted molar refractivity (Wildman–Crippen MR) is 133 cm³/mol. The molecule has 10 heteroatoms. The molecule has 1 saturated heterocycles. The molecule has 2 aromatic carbocycles. The number of alkyl halides is 3. The van der Waals surface area contributed by atoms with Gasteiger partial charge >= 0.3 is 6.18 Å². The molecule has 1 aliphatic heterocycles. The second kappa shape index (κ2) is 10.4. The van der Waals surface area contributed by atoms with Gasteiger partial charge in [-0.2, -0.15) is 13.2 Å². The van der Waals surface area contributed by atoms with Crippen LogP contribution in [0, 0.1) is 5.82 Å². The molecule has 3 aromatic rings. The maximum Gasteiger partial charge on any atom is 0.418 e. The van der Waals surface area contributed by atoms with Crippen molar-refractivity contribution < 1.29 is 32.5 Å². The molecule has 1 aromatic heterocycles. The van der Waals surface area contributed by atoms with Crippen LogP contribution in [0.3, 0.4) is 0 Å². The highest BCUT2D eigenvalue weighted by atomic mass is 19.4. The molecule has 0 aliphatic carbocycles. The molecule has 0 bridgehead atoms. The first kappa shape index (κ1) is 27.1. The van der Waals surface area contributed by atoms with Gasteiger partial charge in [0.15, 0.2) is 5.60 Å². The van der Waals surface area contributed by atoms with Crippen molar-refractivity contribution in [1.82, 2.24) is 9.88 Å². The number of pyridine rings is 1. The van der Waals surface area contributed by atoms with Crippen LogP contribution in [0.1, 0.15) is 31.5 Å². The van der Waals surface area contributed by atoms with Crippen LogP contribution >= 0.6 is 0 Å². The van der Waals surface area contributed by atoms with Crippen LogP contribution < -0.4 is 5.32 Å². The average molecular weight is 522 g/mol. The number of anilines is 1. The summed E-state index contributed by atoms with van der Waals surface area (Å²) in [5.74, 6) is -1.03. The zero-order valence-corrected chi connectivity index (χ0v) is 20.8. The van der Waals surface area contributed by atoms with E-state index in [1.54, 1.807) is 18.2 Å². The maximum atomic E-state index is 14.2. The number of aromatic hydroxyl groups is 1. The number of phenols is 1. The first-order chi connectivity index (χ1) is 17.4. The molecule has 0 radical (unpaired) electrons. The molecule has 37 heavy (non-hydrogen) atoms. The summed E-state index contributed by atoms with van der Waals surface area (Å²) in [6, 6.07) is 11.9. The highest BCUT2D eigenvalue weighted by Crippen LogP contribution is 2.43. The van der Waals surface area contributed by atoms with E-state index in [-0.39, 0.29) is 11.3 Å². The second-order valence-electron chi connectivity index (χ2n) is 10.2. The standard InChI is InChI=1S/C27H31F4N3O3/c1-25(2,21-14-18(28)6-9-24(21)35)16-26(36,27(29,30)31)17-32-22-4-3-5-23-20(22)8-7-19(33-23)15-34-10-12-37-13-11-34/h3-9,14,32,35-36H,10-13,15-17H2,1-2H3. The lowest BCUT2D eigenvalue weighted by Crippen LogP contribution is -2.53. The third-order valence-electron chi connectivity index (χ3n) is 6.80. The summed E-state index contributed by atoms with van der Waals surface area (Å²) < 4.78 is 61.7. The number of nitrogens with one attached hydrogen (secondary N) is 1. The smallest absolute Gasteiger partial charge is 0.418 e. The molecule has 1 unspecified atom stereocenters. The van der Waals surface area contributed by atoms with Crippen molar-refractivity contribution >= 4 is 16.6 Å². The minimum Gasteiger partial charge on any atom is -0.508 e. The largest absolute Gasteiger partial charge is 0.508 e. The Labute approximate surface area is 212 Å². The van der Waals surface area contributed by atoms with Crippen molar-refractivity contribution in [1.29, 1.82) is 0 Å². The number of halogens is 4. The molecular formula is C27H31F4N3O3. The molecule has 0 amide bonds. The Balaban J connectivity index is 1.55. The van der Waals surface area contributed by atoms with Crippen LogP contribution in [0.15, 0.2) is 48.5 Å². The average Bonchev–Trinajstić information content (AvgIpc) is 2.83. The van der Waals surface area contributed by atoms with Crippen LogP contribution in [-0.4, -0.2) is 64.7 Å². The second-order valence-corrected chi connectivity index (χ2v) is 10.2. The maximum absolute atomic E-state index is 14.2. The highest BCUT2D eigenvalue weighted by Gasteiger charge is 2.56. The van der Waals surface area contributed by atoms with Gasteiger partial charge in [0.1, 0.15) is 11.6 Å². The fourth-order valence-electron chi connectivity index (χ4n) is 4.81. The van der Waals surface area contributed by atoms with Gasteiger partial charge in [-0.25, -0.2) is 4.39 Å². The Hall–Kier alpha value is -2.95. The van der Waals surface area contributed by atoms with Crippen LogP contribution in [0.25, 0.3) is 10.9 Å². The normalized spacial score (nSPS) is 17.1. The summed E-state index contributed by atoms with van der Waals surface area (Å²) in [4.78, 5) is 6.89. The quantitative estimate of drug-likeness (QED) is 0.363. The Morgan fingerprint density at radius 2 is 1.78 bits per heavy atom. The minimum atomic E-state index is -4.99. The number of rotatable bonds is 8. The van der Waals surface area contributed by atoms with Gasteiger partial charge in [0.25, 0.3) is 0 Å². The molecule has 4 rings (SSSR count). The Morgan fingerprint density at radius 1 is 1.05 bits per heavy atom. The first-order valence-corrected chi connectivity index (χ1v) is 12.1. The zero-order chi connectivity index (χ0) is 26.8. The topological polar surface area (TPSA) is 77.9 Å². The number of benzene rings is 2. The van der Waals surface area contributed by atoms with Crippen molar-refractivity contribution in [2.24, 2.45) is 0 Å². The summed E-state index contributed by atoms with van der Waals surface area (Å²) in [6.45, 7) is 5.60. The van der Waals surface area contributed by atoms with E-state index in [4.69, 9.17) is 4.74 Å². The van der Waals surface area contributed by atoms with Gasteiger partial charge in [0, 0.05) is 36.3 Å². The van der Waals surface area contributed by atoms with E-state index in [2.05, 4.69) is 15.2 Å². The van der Waals surface area contributed by atoms with E-state index in [1.165, 1.54) is 13.8 Å². The van der Waals surface area contributed by atoms with Crippen LogP contribution in [0.5, 0.6) is 5.75 Å². The Kier molecular flexibility index (Phi) is 7.64. The molecule has 0 saturated carbocycles. The number of ether oxygens (including phenoxy) is 1. The van der Waals surface area contributed by atoms with Gasteiger partial charge in [-0.15, -0.1) is 0 Å². The lowest BCUT2D eigenvalue weighted by Gasteiger charge is -2.38. The van der Waals surface area contributed by atoms with Crippen molar-refractivity contribution in [3.05, 3.63) is 65.6 Å². The number of hydrogen-bond donors (Lipinski definition) is 3. The lowest BCUT2D eigenvalue weighted by atomic mass is 9.74. The van der Waals surface area contributed by atoms with Gasteiger partial charge in [-0.3, -0.25) is 9.88 Å². The number of morpholine rings is 1. The lowest BCUT2D eigenvalue weighted by molar-refractivity contribution is -0.260. The van der Waals surface area contributed by atoms with Crippen LogP contribution in [-0.2, 0) is 16.7 Å². The fourth-order valence-corrected chi connectivity index (χ4v) is 4.81. The van der Waals surface area contributed by atoms with Crippen molar-refractivity contribution in [2.45, 2.75) is 44.0 Å². The summed E-state index contributed by atoms with van der Waals surface area (Å²) in [7, 11) is 0. The van der Waals surface area contributed by atoms with Gasteiger partial charge in [-0.05, 0) is 54.3 Å². The third kappa shape index (κ3) is 6.14. The molecule has 3 N–H and O–H groups in total. The van der Waals surface area contributed by atoms with Crippen molar-refractivity contribution in [3.63, 3.8) is 0 Å². The van der Waals surface area contributed by atoms with Crippen LogP contribution in [0.4, 0.5) is 23.2 Å². The van der Waals surface area contributed by atoms with E-state index < -0.39 is 36.0 Å². The molecule has 1 fully saturated rings. The van der Waals surface area contributed by atoms with Gasteiger partial charge < -0.3 is 20.3 Å². The molecule has 2 heterocycles. The Morgan fingerprint density at radius 3 is 2.49 bits per heavy atom. The number of aromatic nitrogens is 1. The zero-order valence-electron chi connectivity index (χ0n) is 20.8. The molecule has 1 aliphatic rings. The van der Waals surface area contributed by atoms with Crippen LogP contribution in [0.2, 0.25) is 0 Å². The van der Waals surface area contributed by atoms with E-state index in [0.717, 1.165) is 37.0 Å². The summed E-state index contributed by atoms with van der Waals surface area (Å²) >= 11 is 0. The number of hydrogen-bond acceptors (Lipinski definition) is 6. The van der Waals surface area contributed by atoms with Crippen molar-refractivity contribution in [2.75, 3.05) is 38.2 Å². The fraction of sp³-hybridized carbons (Fsp3) is 0.444. The number of fused-ring (bicyclic) bond motifs is 1. The summed E-state index contributed by atoms with van der Waals surface area (Å²) in [5, 5.41) is 24.4.